The molecule has 0 spiro atoms. The maximum absolute atomic E-state index is 11.1. The Bertz CT molecular complexity index is 611. The van der Waals surface area contributed by atoms with Gasteiger partial charge in [-0.05, 0) is 36.2 Å². The molecule has 0 amide bonds. The van der Waals surface area contributed by atoms with Crippen LogP contribution in [0.15, 0.2) is 42.5 Å². The van der Waals surface area contributed by atoms with Gasteiger partial charge in [-0.1, -0.05) is 18.2 Å². The SMILES string of the molecule is Cc1cccc(Nc2ccc(CN)cc2[N+](=O)[O-])c1. The van der Waals surface area contributed by atoms with Gasteiger partial charge in [0.25, 0.3) is 5.69 Å². The van der Waals surface area contributed by atoms with Crippen LogP contribution in [-0.4, -0.2) is 4.92 Å². The van der Waals surface area contributed by atoms with E-state index in [2.05, 4.69) is 5.32 Å². The third kappa shape index (κ3) is 3.08. The first-order valence-corrected chi connectivity index (χ1v) is 5.91. The fourth-order valence-electron chi connectivity index (χ4n) is 1.84. The molecule has 2 aromatic rings. The summed E-state index contributed by atoms with van der Waals surface area (Å²) in [7, 11) is 0. The lowest BCUT2D eigenvalue weighted by molar-refractivity contribution is -0.384. The smallest absolute Gasteiger partial charge is 0.292 e. The maximum Gasteiger partial charge on any atom is 0.292 e. The van der Waals surface area contributed by atoms with E-state index in [0.29, 0.717) is 5.69 Å². The van der Waals surface area contributed by atoms with E-state index < -0.39 is 4.92 Å². The average molecular weight is 257 g/mol. The first-order chi connectivity index (χ1) is 9.10. The third-order valence-electron chi connectivity index (χ3n) is 2.79. The zero-order valence-electron chi connectivity index (χ0n) is 10.6. The van der Waals surface area contributed by atoms with Crippen molar-refractivity contribution in [2.45, 2.75) is 13.5 Å². The monoisotopic (exact) mass is 257 g/mol. The molecule has 2 rings (SSSR count). The average Bonchev–Trinajstić information content (AvgIpc) is 2.39. The molecule has 98 valence electrons. The van der Waals surface area contributed by atoms with Crippen LogP contribution >= 0.6 is 0 Å². The van der Waals surface area contributed by atoms with Crippen LogP contribution < -0.4 is 11.1 Å². The molecule has 0 aliphatic heterocycles. The van der Waals surface area contributed by atoms with Gasteiger partial charge in [-0.15, -0.1) is 0 Å². The van der Waals surface area contributed by atoms with Gasteiger partial charge < -0.3 is 11.1 Å². The van der Waals surface area contributed by atoms with Gasteiger partial charge in [0.05, 0.1) is 4.92 Å². The molecule has 0 aliphatic rings. The van der Waals surface area contributed by atoms with Gasteiger partial charge in [-0.25, -0.2) is 0 Å². The van der Waals surface area contributed by atoms with Gasteiger partial charge in [0.15, 0.2) is 0 Å². The van der Waals surface area contributed by atoms with Crippen LogP contribution in [0.25, 0.3) is 0 Å². The topological polar surface area (TPSA) is 81.2 Å². The molecule has 5 heteroatoms. The van der Waals surface area contributed by atoms with Crippen LogP contribution in [-0.2, 0) is 6.54 Å². The summed E-state index contributed by atoms with van der Waals surface area (Å²) in [5, 5.41) is 14.1. The Balaban J connectivity index is 2.36. The van der Waals surface area contributed by atoms with Crippen LogP contribution in [0.5, 0.6) is 0 Å². The molecule has 0 radical (unpaired) electrons. The fourth-order valence-corrected chi connectivity index (χ4v) is 1.84. The van der Waals surface area contributed by atoms with Crippen molar-refractivity contribution in [2.75, 3.05) is 5.32 Å². The highest BCUT2D eigenvalue weighted by atomic mass is 16.6. The van der Waals surface area contributed by atoms with Crippen molar-refractivity contribution in [3.8, 4) is 0 Å². The van der Waals surface area contributed by atoms with Gasteiger partial charge in [-0.2, -0.15) is 0 Å². The predicted octanol–water partition coefficient (Wildman–Crippen LogP) is 3.11. The van der Waals surface area contributed by atoms with Crippen molar-refractivity contribution < 1.29 is 4.92 Å². The van der Waals surface area contributed by atoms with E-state index in [1.165, 1.54) is 6.07 Å². The summed E-state index contributed by atoms with van der Waals surface area (Å²) < 4.78 is 0. The molecule has 19 heavy (non-hydrogen) atoms. The van der Waals surface area contributed by atoms with Crippen molar-refractivity contribution >= 4 is 17.1 Å². The molecule has 2 aromatic carbocycles. The molecule has 0 unspecified atom stereocenters. The second-order valence-corrected chi connectivity index (χ2v) is 4.31. The Morgan fingerprint density at radius 3 is 2.68 bits per heavy atom. The molecule has 0 fully saturated rings. The summed E-state index contributed by atoms with van der Waals surface area (Å²) in [5.41, 5.74) is 8.65. The first kappa shape index (κ1) is 13.0. The van der Waals surface area contributed by atoms with Gasteiger partial charge in [-0.3, -0.25) is 10.1 Å². The summed E-state index contributed by atoms with van der Waals surface area (Å²) in [4.78, 5) is 10.7. The zero-order chi connectivity index (χ0) is 13.8. The highest BCUT2D eigenvalue weighted by Crippen LogP contribution is 2.28. The second-order valence-electron chi connectivity index (χ2n) is 4.31. The highest BCUT2D eigenvalue weighted by molar-refractivity contribution is 5.70. The van der Waals surface area contributed by atoms with Gasteiger partial charge in [0, 0.05) is 18.3 Å². The molecule has 0 bridgehead atoms. The predicted molar refractivity (Wildman–Crippen MR) is 75.4 cm³/mol. The number of aryl methyl sites for hydroxylation is 1. The maximum atomic E-state index is 11.1. The van der Waals surface area contributed by atoms with Crippen LogP contribution in [0.3, 0.4) is 0 Å². The van der Waals surface area contributed by atoms with E-state index in [1.54, 1.807) is 12.1 Å². The van der Waals surface area contributed by atoms with Crippen LogP contribution in [0.1, 0.15) is 11.1 Å². The van der Waals surface area contributed by atoms with Crippen molar-refractivity contribution in [1.29, 1.82) is 0 Å². The number of nitro groups is 1. The van der Waals surface area contributed by atoms with Gasteiger partial charge in [0.2, 0.25) is 0 Å². The molecule has 0 aromatic heterocycles. The minimum Gasteiger partial charge on any atom is -0.350 e. The molecular formula is C14H15N3O2. The minimum absolute atomic E-state index is 0.0319. The lowest BCUT2D eigenvalue weighted by Crippen LogP contribution is -2.01. The van der Waals surface area contributed by atoms with Gasteiger partial charge in [0.1, 0.15) is 5.69 Å². The Morgan fingerprint density at radius 2 is 2.05 bits per heavy atom. The fraction of sp³-hybridized carbons (Fsp3) is 0.143. The zero-order valence-corrected chi connectivity index (χ0v) is 10.6. The molecule has 0 saturated carbocycles. The number of hydrogen-bond donors (Lipinski definition) is 2. The lowest BCUT2D eigenvalue weighted by atomic mass is 10.1. The number of nitrogens with one attached hydrogen (secondary N) is 1. The molecular weight excluding hydrogens is 242 g/mol. The van der Waals surface area contributed by atoms with Crippen molar-refractivity contribution in [1.82, 2.24) is 0 Å². The number of nitrogens with two attached hydrogens (primary N) is 1. The summed E-state index contributed by atoms with van der Waals surface area (Å²) in [6.07, 6.45) is 0. The molecule has 5 nitrogen and oxygen atoms in total. The second kappa shape index (κ2) is 5.49. The Morgan fingerprint density at radius 1 is 1.26 bits per heavy atom. The normalized spacial score (nSPS) is 10.2. The minimum atomic E-state index is -0.405. The summed E-state index contributed by atoms with van der Waals surface area (Å²) in [5.74, 6) is 0. The molecule has 0 saturated heterocycles. The quantitative estimate of drug-likeness (QED) is 0.651. The molecule has 3 N–H and O–H groups in total. The number of nitrogens with zero attached hydrogens (tertiary/aromatic N) is 1. The Labute approximate surface area is 111 Å². The number of anilines is 2. The summed E-state index contributed by atoms with van der Waals surface area (Å²) in [6, 6.07) is 12.6. The lowest BCUT2D eigenvalue weighted by Gasteiger charge is -2.08. The molecule has 0 aliphatic carbocycles. The van der Waals surface area contributed by atoms with Crippen LogP contribution in [0.4, 0.5) is 17.1 Å². The van der Waals surface area contributed by atoms with Crippen molar-refractivity contribution in [3.63, 3.8) is 0 Å². The van der Waals surface area contributed by atoms with Crippen molar-refractivity contribution in [2.24, 2.45) is 5.73 Å². The van der Waals surface area contributed by atoms with E-state index >= 15 is 0 Å². The highest BCUT2D eigenvalue weighted by Gasteiger charge is 2.14. The summed E-state index contributed by atoms with van der Waals surface area (Å²) in [6.45, 7) is 2.25. The number of benzene rings is 2. The first-order valence-electron chi connectivity index (χ1n) is 5.91. The summed E-state index contributed by atoms with van der Waals surface area (Å²) >= 11 is 0. The van der Waals surface area contributed by atoms with E-state index in [9.17, 15) is 10.1 Å². The number of rotatable bonds is 4. The van der Waals surface area contributed by atoms with E-state index in [1.807, 2.05) is 31.2 Å². The third-order valence-corrected chi connectivity index (χ3v) is 2.79. The standard InChI is InChI=1S/C14H15N3O2/c1-10-3-2-4-12(7-10)16-13-6-5-11(9-15)8-14(13)17(18)19/h2-8,16H,9,15H2,1H3. The van der Waals surface area contributed by atoms with Gasteiger partial charge >= 0.3 is 0 Å². The molecule has 0 heterocycles. The Hall–Kier alpha value is -2.40. The van der Waals surface area contributed by atoms with E-state index in [0.717, 1.165) is 16.8 Å². The molecule has 0 atom stereocenters. The van der Waals surface area contributed by atoms with Crippen LogP contribution in [0, 0.1) is 17.0 Å². The number of nitro benzene ring substituents is 1. The van der Waals surface area contributed by atoms with Crippen molar-refractivity contribution in [3.05, 3.63) is 63.7 Å². The van der Waals surface area contributed by atoms with E-state index in [4.69, 9.17) is 5.73 Å². The Kier molecular flexibility index (Phi) is 3.77. The van der Waals surface area contributed by atoms with Crippen LogP contribution in [0.2, 0.25) is 0 Å². The van der Waals surface area contributed by atoms with E-state index in [-0.39, 0.29) is 12.2 Å². The number of hydrogen-bond acceptors (Lipinski definition) is 4. The largest absolute Gasteiger partial charge is 0.350 e.